The number of nitrogens with one attached hydrogen (secondary N) is 1. The quantitative estimate of drug-likeness (QED) is 0.637. The predicted molar refractivity (Wildman–Crippen MR) is 128 cm³/mol. The van der Waals surface area contributed by atoms with Gasteiger partial charge in [-0.2, -0.15) is 5.26 Å². The minimum absolute atomic E-state index is 0.0334. The van der Waals surface area contributed by atoms with Gasteiger partial charge in [0.2, 0.25) is 12.7 Å². The number of carbonyl (C=O) groups excluding carboxylic acids is 1. The van der Waals surface area contributed by atoms with E-state index in [0.29, 0.717) is 18.2 Å². The SMILES string of the molecule is CCC(C)(C)C1Cc2cc(NC(=O)C3(c4ccc5c(c4)OCO5)CC3)ccc2N1CCC#N. The maximum absolute atomic E-state index is 13.3. The summed E-state index contributed by atoms with van der Waals surface area (Å²) in [4.78, 5) is 15.7. The Labute approximate surface area is 195 Å². The zero-order valence-electron chi connectivity index (χ0n) is 19.6. The van der Waals surface area contributed by atoms with Crippen LogP contribution < -0.4 is 19.7 Å². The van der Waals surface area contributed by atoms with Gasteiger partial charge >= 0.3 is 0 Å². The molecule has 0 aromatic heterocycles. The minimum atomic E-state index is -0.494. The third-order valence-corrected chi connectivity index (χ3v) is 7.82. The van der Waals surface area contributed by atoms with Crippen molar-refractivity contribution in [2.45, 2.75) is 64.3 Å². The molecule has 1 amide bonds. The first kappa shape index (κ1) is 21.6. The van der Waals surface area contributed by atoms with Crippen LogP contribution in [0.5, 0.6) is 11.5 Å². The van der Waals surface area contributed by atoms with E-state index in [4.69, 9.17) is 14.7 Å². The Morgan fingerprint density at radius 3 is 2.73 bits per heavy atom. The van der Waals surface area contributed by atoms with Crippen LogP contribution in [-0.4, -0.2) is 25.3 Å². The molecule has 1 saturated carbocycles. The zero-order chi connectivity index (χ0) is 23.2. The molecule has 0 bridgehead atoms. The molecule has 1 fully saturated rings. The number of carbonyl (C=O) groups is 1. The average Bonchev–Trinajstić information content (AvgIpc) is 3.35. The lowest BCUT2D eigenvalue weighted by molar-refractivity contribution is -0.118. The second-order valence-electron chi connectivity index (χ2n) is 10.1. The van der Waals surface area contributed by atoms with Crippen LogP contribution in [0.2, 0.25) is 0 Å². The Kier molecular flexibility index (Phi) is 5.23. The molecule has 33 heavy (non-hydrogen) atoms. The summed E-state index contributed by atoms with van der Waals surface area (Å²) in [5.74, 6) is 1.48. The van der Waals surface area contributed by atoms with Crippen LogP contribution in [0.15, 0.2) is 36.4 Å². The number of nitriles is 1. The van der Waals surface area contributed by atoms with E-state index in [-0.39, 0.29) is 18.1 Å². The van der Waals surface area contributed by atoms with Crippen molar-refractivity contribution in [3.8, 4) is 17.6 Å². The van der Waals surface area contributed by atoms with Crippen molar-refractivity contribution in [1.29, 1.82) is 5.26 Å². The lowest BCUT2D eigenvalue weighted by Crippen LogP contribution is -2.43. The van der Waals surface area contributed by atoms with Crippen LogP contribution in [-0.2, 0) is 16.6 Å². The molecule has 1 aliphatic carbocycles. The Hall–Kier alpha value is -3.20. The van der Waals surface area contributed by atoms with Crippen molar-refractivity contribution in [2.24, 2.45) is 5.41 Å². The number of ether oxygens (including phenoxy) is 2. The highest BCUT2D eigenvalue weighted by molar-refractivity contribution is 6.01. The summed E-state index contributed by atoms with van der Waals surface area (Å²) in [5, 5.41) is 12.3. The molecule has 3 aliphatic rings. The molecule has 6 heteroatoms. The maximum Gasteiger partial charge on any atom is 0.235 e. The van der Waals surface area contributed by atoms with Gasteiger partial charge in [-0.15, -0.1) is 0 Å². The van der Waals surface area contributed by atoms with Crippen molar-refractivity contribution in [2.75, 3.05) is 23.6 Å². The molecular formula is C27H31N3O3. The third-order valence-electron chi connectivity index (χ3n) is 7.82. The highest BCUT2D eigenvalue weighted by Gasteiger charge is 2.51. The van der Waals surface area contributed by atoms with Gasteiger partial charge in [-0.3, -0.25) is 4.79 Å². The molecule has 0 spiro atoms. The molecule has 5 rings (SSSR count). The number of rotatable bonds is 7. The smallest absolute Gasteiger partial charge is 0.235 e. The number of nitrogens with zero attached hydrogens (tertiary/aromatic N) is 2. The fraction of sp³-hybridized carbons (Fsp3) is 0.481. The topological polar surface area (TPSA) is 74.6 Å². The van der Waals surface area contributed by atoms with Crippen LogP contribution in [0.25, 0.3) is 0 Å². The van der Waals surface area contributed by atoms with Gasteiger partial charge in [0.05, 0.1) is 17.9 Å². The summed E-state index contributed by atoms with van der Waals surface area (Å²) >= 11 is 0. The molecule has 1 N–H and O–H groups in total. The van der Waals surface area contributed by atoms with E-state index in [0.717, 1.165) is 49.2 Å². The molecule has 1 unspecified atom stereocenters. The fourth-order valence-electron chi connectivity index (χ4n) is 5.19. The summed E-state index contributed by atoms with van der Waals surface area (Å²) in [6.07, 6.45) is 4.16. The number of hydrogen-bond acceptors (Lipinski definition) is 5. The van der Waals surface area contributed by atoms with Crippen molar-refractivity contribution in [3.63, 3.8) is 0 Å². The molecule has 172 valence electrons. The molecule has 2 heterocycles. The van der Waals surface area contributed by atoms with Gasteiger partial charge < -0.3 is 19.7 Å². The standard InChI is InChI=1S/C27H31N3O3/c1-4-26(2,3)24-15-18-14-20(7-8-21(18)30(24)13-5-12-28)29-25(31)27(10-11-27)19-6-9-22-23(16-19)33-17-32-22/h6-9,14,16,24H,4-5,10-11,13,15,17H2,1-3H3,(H,29,31). The second kappa shape index (κ2) is 7.98. The highest BCUT2D eigenvalue weighted by Crippen LogP contribution is 2.51. The lowest BCUT2D eigenvalue weighted by atomic mass is 9.80. The lowest BCUT2D eigenvalue weighted by Gasteiger charge is -2.38. The monoisotopic (exact) mass is 445 g/mol. The maximum atomic E-state index is 13.3. The Morgan fingerprint density at radius 1 is 1.21 bits per heavy atom. The summed E-state index contributed by atoms with van der Waals surface area (Å²) < 4.78 is 10.9. The van der Waals surface area contributed by atoms with Gasteiger partial charge in [0.15, 0.2) is 11.5 Å². The first-order valence-corrected chi connectivity index (χ1v) is 11.9. The van der Waals surface area contributed by atoms with Crippen molar-refractivity contribution >= 4 is 17.3 Å². The van der Waals surface area contributed by atoms with E-state index in [1.807, 2.05) is 24.3 Å². The number of benzene rings is 2. The van der Waals surface area contributed by atoms with Crippen molar-refractivity contribution < 1.29 is 14.3 Å². The molecule has 2 aliphatic heterocycles. The third kappa shape index (κ3) is 3.70. The van der Waals surface area contributed by atoms with Gasteiger partial charge in [-0.1, -0.05) is 26.8 Å². The van der Waals surface area contributed by atoms with Gasteiger partial charge in [-0.05, 0) is 72.6 Å². The molecule has 2 aromatic carbocycles. The summed E-state index contributed by atoms with van der Waals surface area (Å²) in [5.41, 5.74) is 3.89. The average molecular weight is 446 g/mol. The normalized spacial score (nSPS) is 19.7. The van der Waals surface area contributed by atoms with E-state index in [1.165, 1.54) is 11.3 Å². The van der Waals surface area contributed by atoms with E-state index in [1.54, 1.807) is 0 Å². The van der Waals surface area contributed by atoms with Crippen molar-refractivity contribution in [3.05, 3.63) is 47.5 Å². The Balaban J connectivity index is 1.36. The van der Waals surface area contributed by atoms with Crippen LogP contribution in [0.1, 0.15) is 57.6 Å². The highest BCUT2D eigenvalue weighted by atomic mass is 16.7. The number of anilines is 2. The van der Waals surface area contributed by atoms with Gasteiger partial charge in [0.1, 0.15) is 0 Å². The summed E-state index contributed by atoms with van der Waals surface area (Å²) in [7, 11) is 0. The van der Waals surface area contributed by atoms with Crippen LogP contribution in [0.4, 0.5) is 11.4 Å². The Morgan fingerprint density at radius 2 is 2.00 bits per heavy atom. The first-order valence-electron chi connectivity index (χ1n) is 11.9. The van der Waals surface area contributed by atoms with E-state index >= 15 is 0 Å². The number of amides is 1. The minimum Gasteiger partial charge on any atom is -0.454 e. The van der Waals surface area contributed by atoms with Crippen LogP contribution in [0, 0.1) is 16.7 Å². The molecule has 6 nitrogen and oxygen atoms in total. The second-order valence-corrected chi connectivity index (χ2v) is 10.1. The van der Waals surface area contributed by atoms with Crippen LogP contribution in [0.3, 0.4) is 0 Å². The zero-order valence-corrected chi connectivity index (χ0v) is 19.6. The number of fused-ring (bicyclic) bond motifs is 2. The largest absolute Gasteiger partial charge is 0.454 e. The predicted octanol–water partition coefficient (Wildman–Crippen LogP) is 5.17. The molecule has 1 atom stereocenters. The Bertz CT molecular complexity index is 1130. The summed E-state index contributed by atoms with van der Waals surface area (Å²) in [6.45, 7) is 7.79. The van der Waals surface area contributed by atoms with Crippen molar-refractivity contribution in [1.82, 2.24) is 0 Å². The first-order chi connectivity index (χ1) is 15.9. The molecule has 0 radical (unpaired) electrons. The molecule has 2 aromatic rings. The van der Waals surface area contributed by atoms with E-state index < -0.39 is 5.41 Å². The fourth-order valence-corrected chi connectivity index (χ4v) is 5.19. The number of hydrogen-bond donors (Lipinski definition) is 1. The summed E-state index contributed by atoms with van der Waals surface area (Å²) in [6, 6.07) is 14.7. The molecular weight excluding hydrogens is 414 g/mol. The van der Waals surface area contributed by atoms with Gasteiger partial charge in [0.25, 0.3) is 0 Å². The van der Waals surface area contributed by atoms with Crippen LogP contribution >= 0.6 is 0 Å². The van der Waals surface area contributed by atoms with Gasteiger partial charge in [0, 0.05) is 24.0 Å². The van der Waals surface area contributed by atoms with Gasteiger partial charge in [-0.25, -0.2) is 0 Å². The van der Waals surface area contributed by atoms with E-state index in [2.05, 4.69) is 49.2 Å². The molecule has 0 saturated heterocycles. The van der Waals surface area contributed by atoms with E-state index in [9.17, 15) is 4.79 Å².